The SMILES string of the molecule is CNc1nc(N)nc2c1ncn2[C@@H]1O[C@H](CO[P+](=S)Oc2cccc3ccccc23)CC1=N. The van der Waals surface area contributed by atoms with Gasteiger partial charge in [-0.05, 0) is 11.5 Å². The second-order valence-corrected chi connectivity index (χ2v) is 9.21. The minimum absolute atomic E-state index is 0.111. The monoisotopic (exact) mass is 482 g/mol. The van der Waals surface area contributed by atoms with Crippen LogP contribution in [0.25, 0.3) is 21.9 Å². The van der Waals surface area contributed by atoms with E-state index in [1.807, 2.05) is 42.5 Å². The summed E-state index contributed by atoms with van der Waals surface area (Å²) in [5.74, 6) is 1.32. The number of fused-ring (bicyclic) bond motifs is 2. The Morgan fingerprint density at radius 3 is 2.94 bits per heavy atom. The van der Waals surface area contributed by atoms with E-state index in [1.165, 1.54) is 0 Å². The van der Waals surface area contributed by atoms with Crippen LogP contribution in [-0.2, 0) is 21.1 Å². The van der Waals surface area contributed by atoms with E-state index in [4.69, 9.17) is 36.7 Å². The van der Waals surface area contributed by atoms with Crippen LogP contribution in [0.15, 0.2) is 48.8 Å². The molecule has 1 aliphatic rings. The first-order valence-corrected chi connectivity index (χ1v) is 12.4. The Morgan fingerprint density at radius 2 is 2.09 bits per heavy atom. The van der Waals surface area contributed by atoms with Crippen LogP contribution in [0, 0.1) is 5.41 Å². The van der Waals surface area contributed by atoms with Crippen molar-refractivity contribution in [3.63, 3.8) is 0 Å². The Labute approximate surface area is 195 Å². The molecule has 2 aromatic heterocycles. The van der Waals surface area contributed by atoms with Crippen LogP contribution in [0.3, 0.4) is 0 Å². The normalized spacial score (nSPS) is 18.7. The summed E-state index contributed by atoms with van der Waals surface area (Å²) in [7, 11) is 0.141. The van der Waals surface area contributed by atoms with Gasteiger partial charge in [0.25, 0.3) is 0 Å². The number of ether oxygens (including phenoxy) is 1. The molecule has 168 valence electrons. The molecule has 4 N–H and O–H groups in total. The van der Waals surface area contributed by atoms with E-state index in [0.29, 0.717) is 34.9 Å². The van der Waals surface area contributed by atoms with Gasteiger partial charge >= 0.3 is 7.15 Å². The molecule has 1 fully saturated rings. The zero-order valence-corrected chi connectivity index (χ0v) is 19.3. The van der Waals surface area contributed by atoms with Crippen molar-refractivity contribution in [2.75, 3.05) is 24.7 Å². The van der Waals surface area contributed by atoms with Gasteiger partial charge in [-0.1, -0.05) is 36.4 Å². The molecule has 0 saturated carbocycles. The average Bonchev–Trinajstić information content (AvgIpc) is 3.40. The summed E-state index contributed by atoms with van der Waals surface area (Å²) < 4.78 is 19.4. The number of hydrogen-bond acceptors (Lipinski definition) is 10. The van der Waals surface area contributed by atoms with Crippen LogP contribution >= 0.6 is 7.15 Å². The van der Waals surface area contributed by atoms with Crippen molar-refractivity contribution >= 4 is 58.4 Å². The Kier molecular flexibility index (Phi) is 5.86. The fraction of sp³-hybridized carbons (Fsp3) is 0.238. The van der Waals surface area contributed by atoms with Crippen molar-refractivity contribution in [3.05, 3.63) is 48.8 Å². The third-order valence-electron chi connectivity index (χ3n) is 5.28. The number of nitrogen functional groups attached to an aromatic ring is 1. The molecule has 0 radical (unpaired) electrons. The molecule has 4 aromatic rings. The van der Waals surface area contributed by atoms with Crippen molar-refractivity contribution in [1.82, 2.24) is 19.5 Å². The van der Waals surface area contributed by atoms with E-state index in [2.05, 4.69) is 20.3 Å². The number of imidazole rings is 1. The second kappa shape index (κ2) is 8.95. The van der Waals surface area contributed by atoms with Crippen molar-refractivity contribution in [2.24, 2.45) is 0 Å². The summed E-state index contributed by atoms with van der Waals surface area (Å²) in [6.07, 6.45) is 0.979. The highest BCUT2D eigenvalue weighted by Crippen LogP contribution is 2.36. The molecule has 3 heterocycles. The number of aromatic nitrogens is 4. The minimum Gasteiger partial charge on any atom is -0.371 e. The van der Waals surface area contributed by atoms with Crippen molar-refractivity contribution < 1.29 is 13.8 Å². The van der Waals surface area contributed by atoms with Gasteiger partial charge in [0.1, 0.15) is 6.61 Å². The molecule has 1 aliphatic heterocycles. The van der Waals surface area contributed by atoms with Gasteiger partial charge in [0.05, 0.1) is 18.1 Å². The highest BCUT2D eigenvalue weighted by atomic mass is 32.4. The predicted molar refractivity (Wildman–Crippen MR) is 130 cm³/mol. The maximum Gasteiger partial charge on any atom is 0.573 e. The van der Waals surface area contributed by atoms with Crippen molar-refractivity contribution in [2.45, 2.75) is 18.8 Å². The maximum atomic E-state index is 8.42. The predicted octanol–water partition coefficient (Wildman–Crippen LogP) is 3.78. The standard InChI is InChI=1S/C21H21N7O3PS/c1-24-18-17-19(27-21(23)26-18)28(11-25-17)20-15(22)9-13(30-20)10-29-32(33)31-16-8-4-6-12-5-2-3-7-14(12)16/h2-8,11,13,20,22H,9-10H2,1H3,(H3,23,24,26,27)/q+1/t13-,20+/m0/s1. The molecule has 3 atom stereocenters. The number of nitrogens with one attached hydrogen (secondary N) is 2. The van der Waals surface area contributed by atoms with Crippen LogP contribution in [-0.4, -0.2) is 45.0 Å². The number of hydrogen-bond donors (Lipinski definition) is 3. The Hall–Kier alpha value is -3.24. The fourth-order valence-electron chi connectivity index (χ4n) is 3.80. The first-order chi connectivity index (χ1) is 16.0. The van der Waals surface area contributed by atoms with Crippen LogP contribution in [0.2, 0.25) is 0 Å². The molecule has 1 unspecified atom stereocenters. The van der Waals surface area contributed by atoms with Gasteiger partial charge in [-0.2, -0.15) is 9.97 Å². The molecular weight excluding hydrogens is 461 g/mol. The molecule has 2 aromatic carbocycles. The lowest BCUT2D eigenvalue weighted by Crippen LogP contribution is -2.17. The van der Waals surface area contributed by atoms with Gasteiger partial charge in [0.15, 0.2) is 29.0 Å². The highest BCUT2D eigenvalue weighted by molar-refractivity contribution is 8.00. The van der Waals surface area contributed by atoms with Gasteiger partial charge in [0.2, 0.25) is 17.8 Å². The van der Waals surface area contributed by atoms with Gasteiger partial charge in [-0.15, -0.1) is 4.52 Å². The van der Waals surface area contributed by atoms with Crippen LogP contribution in [0.4, 0.5) is 11.8 Å². The molecule has 0 amide bonds. The van der Waals surface area contributed by atoms with Gasteiger partial charge in [0, 0.05) is 18.9 Å². The molecule has 5 rings (SSSR count). The zero-order valence-electron chi connectivity index (χ0n) is 17.6. The van der Waals surface area contributed by atoms with E-state index in [-0.39, 0.29) is 18.7 Å². The lowest BCUT2D eigenvalue weighted by Gasteiger charge is -2.14. The second-order valence-electron chi connectivity index (χ2n) is 7.43. The number of nitrogens with two attached hydrogens (primary N) is 1. The number of anilines is 2. The van der Waals surface area contributed by atoms with E-state index in [0.717, 1.165) is 10.8 Å². The number of benzene rings is 2. The minimum atomic E-state index is -1.59. The van der Waals surface area contributed by atoms with Crippen LogP contribution < -0.4 is 15.6 Å². The lowest BCUT2D eigenvalue weighted by atomic mass is 10.1. The fourth-order valence-corrected chi connectivity index (χ4v) is 4.88. The zero-order chi connectivity index (χ0) is 22.9. The number of nitrogens with zero attached hydrogens (tertiary/aromatic N) is 4. The third-order valence-corrected chi connectivity index (χ3v) is 6.53. The third kappa shape index (κ3) is 4.23. The summed E-state index contributed by atoms with van der Waals surface area (Å²) in [5, 5.41) is 13.4. The van der Waals surface area contributed by atoms with Gasteiger partial charge < -0.3 is 21.2 Å². The Morgan fingerprint density at radius 1 is 1.27 bits per heavy atom. The highest BCUT2D eigenvalue weighted by Gasteiger charge is 2.35. The molecule has 1 saturated heterocycles. The lowest BCUT2D eigenvalue weighted by molar-refractivity contribution is -0.00146. The summed E-state index contributed by atoms with van der Waals surface area (Å²) in [6, 6.07) is 13.8. The molecule has 10 nitrogen and oxygen atoms in total. The first-order valence-electron chi connectivity index (χ1n) is 10.2. The molecule has 33 heavy (non-hydrogen) atoms. The topological polar surface area (TPSA) is 133 Å². The quantitative estimate of drug-likeness (QED) is 0.337. The van der Waals surface area contributed by atoms with Crippen molar-refractivity contribution in [3.8, 4) is 5.75 Å². The summed E-state index contributed by atoms with van der Waals surface area (Å²) in [5.41, 5.74) is 7.26. The Bertz CT molecular complexity index is 1370. The van der Waals surface area contributed by atoms with Gasteiger partial charge in [-0.25, -0.2) is 9.51 Å². The van der Waals surface area contributed by atoms with E-state index < -0.39 is 13.4 Å². The molecular formula is C21H21N7O3PS+. The summed E-state index contributed by atoms with van der Waals surface area (Å²) >= 11 is 5.42. The van der Waals surface area contributed by atoms with Crippen LogP contribution in [0.5, 0.6) is 5.75 Å². The van der Waals surface area contributed by atoms with E-state index >= 15 is 0 Å². The maximum absolute atomic E-state index is 8.42. The molecule has 0 spiro atoms. The largest absolute Gasteiger partial charge is 0.573 e. The molecule has 0 bridgehead atoms. The summed E-state index contributed by atoms with van der Waals surface area (Å²) in [6.45, 7) is 0.213. The van der Waals surface area contributed by atoms with Gasteiger partial charge in [-0.3, -0.25) is 4.57 Å². The van der Waals surface area contributed by atoms with E-state index in [9.17, 15) is 0 Å². The first kappa shape index (κ1) is 21.6. The van der Waals surface area contributed by atoms with Crippen LogP contribution in [0.1, 0.15) is 12.6 Å². The molecule has 12 heteroatoms. The van der Waals surface area contributed by atoms with Crippen molar-refractivity contribution in [1.29, 1.82) is 5.41 Å². The Balaban J connectivity index is 1.26. The number of rotatable bonds is 7. The smallest absolute Gasteiger partial charge is 0.371 e. The average molecular weight is 482 g/mol. The molecule has 0 aliphatic carbocycles. The summed E-state index contributed by atoms with van der Waals surface area (Å²) in [4.78, 5) is 12.8. The van der Waals surface area contributed by atoms with E-state index in [1.54, 1.807) is 17.9 Å².